The van der Waals surface area contributed by atoms with Crippen LogP contribution in [0.5, 0.6) is 0 Å². The Morgan fingerprint density at radius 1 is 1.21 bits per heavy atom. The van der Waals surface area contributed by atoms with Crippen molar-refractivity contribution < 1.29 is 0 Å². The molecule has 0 amide bonds. The zero-order valence-electron chi connectivity index (χ0n) is 16.8. The van der Waals surface area contributed by atoms with E-state index in [0.717, 1.165) is 42.5 Å². The van der Waals surface area contributed by atoms with E-state index < -0.39 is 0 Å². The van der Waals surface area contributed by atoms with Gasteiger partial charge in [-0.1, -0.05) is 12.5 Å². The summed E-state index contributed by atoms with van der Waals surface area (Å²) in [6.45, 7) is 3.69. The molecule has 2 aromatic rings. The molecule has 2 aliphatic rings. The summed E-state index contributed by atoms with van der Waals surface area (Å²) in [5, 5.41) is 15.6. The van der Waals surface area contributed by atoms with Crippen molar-refractivity contribution in [2.45, 2.75) is 63.6 Å². The van der Waals surface area contributed by atoms with Gasteiger partial charge in [-0.25, -0.2) is 0 Å². The Bertz CT molecular complexity index is 776. The maximum absolute atomic E-state index is 4.80. The Balaban J connectivity index is 0.00000225. The molecule has 2 N–H and O–H groups in total. The third-order valence-corrected chi connectivity index (χ3v) is 6.01. The number of hydrogen-bond donors (Lipinski definition) is 2. The molecule has 4 heterocycles. The predicted octanol–water partition coefficient (Wildman–Crippen LogP) is 2.46. The van der Waals surface area contributed by atoms with Gasteiger partial charge in [-0.2, -0.15) is 0 Å². The van der Waals surface area contributed by atoms with Crippen molar-refractivity contribution >= 4 is 35.6 Å². The van der Waals surface area contributed by atoms with E-state index in [-0.39, 0.29) is 24.0 Å². The lowest BCUT2D eigenvalue weighted by Crippen LogP contribution is -2.56. The number of rotatable bonds is 5. The highest BCUT2D eigenvalue weighted by Gasteiger charge is 2.36. The minimum atomic E-state index is 0. The first-order valence-corrected chi connectivity index (χ1v) is 10.3. The second kappa shape index (κ2) is 9.87. The van der Waals surface area contributed by atoms with Crippen LogP contribution in [-0.2, 0) is 6.42 Å². The van der Waals surface area contributed by atoms with Gasteiger partial charge in [-0.15, -0.1) is 34.2 Å². The lowest BCUT2D eigenvalue weighted by molar-refractivity contribution is 0.0526. The van der Waals surface area contributed by atoms with Gasteiger partial charge in [-0.3, -0.25) is 9.39 Å². The molecule has 0 spiro atoms. The van der Waals surface area contributed by atoms with Gasteiger partial charge in [0.25, 0.3) is 0 Å². The van der Waals surface area contributed by atoms with E-state index in [2.05, 4.69) is 39.7 Å². The highest BCUT2D eigenvalue weighted by atomic mass is 127. The lowest BCUT2D eigenvalue weighted by Gasteiger charge is -2.47. The monoisotopic (exact) mass is 497 g/mol. The van der Waals surface area contributed by atoms with Crippen LogP contribution in [0.4, 0.5) is 0 Å². The molecule has 7 nitrogen and oxygen atoms in total. The smallest absolute Gasteiger partial charge is 0.191 e. The predicted molar refractivity (Wildman–Crippen MR) is 123 cm³/mol. The summed E-state index contributed by atoms with van der Waals surface area (Å²) in [6, 6.07) is 7.92. The molecule has 2 aromatic heterocycles. The molecular formula is C20H32IN7. The van der Waals surface area contributed by atoms with Gasteiger partial charge in [0.05, 0.1) is 0 Å². The van der Waals surface area contributed by atoms with Gasteiger partial charge in [0.1, 0.15) is 5.82 Å². The number of fused-ring (bicyclic) bond motifs is 3. The number of aliphatic imine (C=N–C) groups is 1. The number of halogens is 1. The van der Waals surface area contributed by atoms with Crippen LogP contribution in [-0.4, -0.2) is 63.7 Å². The maximum atomic E-state index is 4.80. The van der Waals surface area contributed by atoms with Gasteiger partial charge >= 0.3 is 0 Å². The molecule has 2 saturated heterocycles. The van der Waals surface area contributed by atoms with Crippen LogP contribution in [0.15, 0.2) is 29.4 Å². The van der Waals surface area contributed by atoms with E-state index in [4.69, 9.17) is 4.99 Å². The van der Waals surface area contributed by atoms with E-state index >= 15 is 0 Å². The molecule has 2 aliphatic heterocycles. The highest BCUT2D eigenvalue weighted by Crippen LogP contribution is 2.32. The zero-order chi connectivity index (χ0) is 18.6. The third kappa shape index (κ3) is 4.76. The van der Waals surface area contributed by atoms with Crippen molar-refractivity contribution in [2.75, 3.05) is 20.1 Å². The van der Waals surface area contributed by atoms with Crippen LogP contribution in [0, 0.1) is 0 Å². The Labute approximate surface area is 184 Å². The first kappa shape index (κ1) is 21.3. The Kier molecular flexibility index (Phi) is 7.50. The number of nitrogens with zero attached hydrogens (tertiary/aromatic N) is 5. The second-order valence-corrected chi connectivity index (χ2v) is 7.77. The largest absolute Gasteiger partial charge is 0.357 e. The van der Waals surface area contributed by atoms with Crippen LogP contribution in [0.3, 0.4) is 0 Å². The standard InChI is InChI=1S/C20H31N7.HI/c1-3-21-20(23-15-13-16-7-6-8-17(14-15)26(16)2)22-11-10-19-25-24-18-9-4-5-12-27(18)19;/h4-5,9,12,15-17H,3,6-8,10-11,13-14H2,1-2H3,(H2,21,22,23);1H. The first-order chi connectivity index (χ1) is 13.2. The fourth-order valence-electron chi connectivity index (χ4n) is 4.58. The van der Waals surface area contributed by atoms with Gasteiger partial charge < -0.3 is 15.5 Å². The summed E-state index contributed by atoms with van der Waals surface area (Å²) in [5.41, 5.74) is 0.888. The summed E-state index contributed by atoms with van der Waals surface area (Å²) < 4.78 is 2.04. The van der Waals surface area contributed by atoms with Crippen LogP contribution >= 0.6 is 24.0 Å². The van der Waals surface area contributed by atoms with E-state index in [1.165, 1.54) is 32.1 Å². The van der Waals surface area contributed by atoms with Gasteiger partial charge in [0.15, 0.2) is 11.6 Å². The number of hydrogen-bond acceptors (Lipinski definition) is 4. The average Bonchev–Trinajstić information content (AvgIpc) is 3.06. The SMILES string of the molecule is CCNC(=NCCc1nnc2ccccn12)NC1CC2CCCC(C1)N2C.I. The molecule has 2 fully saturated rings. The summed E-state index contributed by atoms with van der Waals surface area (Å²) in [6.07, 6.45) is 9.26. The number of piperidine rings is 2. The number of guanidine groups is 1. The molecule has 28 heavy (non-hydrogen) atoms. The highest BCUT2D eigenvalue weighted by molar-refractivity contribution is 14.0. The quantitative estimate of drug-likeness (QED) is 0.378. The molecule has 4 rings (SSSR count). The molecule has 2 bridgehead atoms. The van der Waals surface area contributed by atoms with Crippen molar-refractivity contribution in [1.29, 1.82) is 0 Å². The molecule has 154 valence electrons. The van der Waals surface area contributed by atoms with Crippen LogP contribution in [0.1, 0.15) is 44.9 Å². The fourth-order valence-corrected chi connectivity index (χ4v) is 4.58. The van der Waals surface area contributed by atoms with E-state index in [9.17, 15) is 0 Å². The minimum absolute atomic E-state index is 0. The topological polar surface area (TPSA) is 69.8 Å². The molecule has 2 atom stereocenters. The van der Waals surface area contributed by atoms with Crippen molar-refractivity contribution in [3.8, 4) is 0 Å². The normalized spacial score (nSPS) is 25.4. The molecule has 0 aromatic carbocycles. The summed E-state index contributed by atoms with van der Waals surface area (Å²) in [5.74, 6) is 1.89. The van der Waals surface area contributed by atoms with Crippen LogP contribution in [0.2, 0.25) is 0 Å². The summed E-state index contributed by atoms with van der Waals surface area (Å²) >= 11 is 0. The maximum Gasteiger partial charge on any atom is 0.191 e. The average molecular weight is 497 g/mol. The van der Waals surface area contributed by atoms with E-state index in [0.29, 0.717) is 12.6 Å². The summed E-state index contributed by atoms with van der Waals surface area (Å²) in [7, 11) is 2.30. The number of pyridine rings is 1. The van der Waals surface area contributed by atoms with E-state index in [1.54, 1.807) is 0 Å². The summed E-state index contributed by atoms with van der Waals surface area (Å²) in [4.78, 5) is 7.40. The van der Waals surface area contributed by atoms with Crippen LogP contribution in [0.25, 0.3) is 5.65 Å². The molecule has 0 radical (unpaired) electrons. The molecule has 2 unspecified atom stereocenters. The van der Waals surface area contributed by atoms with Crippen molar-refractivity contribution in [3.63, 3.8) is 0 Å². The van der Waals surface area contributed by atoms with Gasteiger partial charge in [0, 0.05) is 43.8 Å². The molecule has 0 saturated carbocycles. The van der Waals surface area contributed by atoms with Gasteiger partial charge in [-0.05, 0) is 51.8 Å². The van der Waals surface area contributed by atoms with Crippen molar-refractivity contribution in [3.05, 3.63) is 30.2 Å². The molecule has 8 heteroatoms. The van der Waals surface area contributed by atoms with Crippen molar-refractivity contribution in [1.82, 2.24) is 30.1 Å². The number of nitrogens with one attached hydrogen (secondary N) is 2. The molecular weight excluding hydrogens is 465 g/mol. The fraction of sp³-hybridized carbons (Fsp3) is 0.650. The van der Waals surface area contributed by atoms with E-state index in [1.807, 2.05) is 28.8 Å². The minimum Gasteiger partial charge on any atom is -0.357 e. The van der Waals surface area contributed by atoms with Crippen molar-refractivity contribution in [2.24, 2.45) is 4.99 Å². The number of aromatic nitrogens is 3. The second-order valence-electron chi connectivity index (χ2n) is 7.77. The van der Waals surface area contributed by atoms with Crippen LogP contribution < -0.4 is 10.6 Å². The first-order valence-electron chi connectivity index (χ1n) is 10.3. The van der Waals surface area contributed by atoms with Gasteiger partial charge in [0.2, 0.25) is 0 Å². The third-order valence-electron chi connectivity index (χ3n) is 6.01. The molecule has 0 aliphatic carbocycles. The zero-order valence-corrected chi connectivity index (χ0v) is 19.2. The Hall–Kier alpha value is -1.42. The Morgan fingerprint density at radius 2 is 2.00 bits per heavy atom. The Morgan fingerprint density at radius 3 is 2.75 bits per heavy atom. The lowest BCUT2D eigenvalue weighted by atomic mass is 9.82.